The predicted molar refractivity (Wildman–Crippen MR) is 69.1 cm³/mol. The SMILES string of the molecule is O=Cc1c(-c2cc(F)ccc2F)n(F)c2cccc(F)c12. The molecule has 3 rings (SSSR count). The molecule has 0 bridgehead atoms. The molecule has 0 saturated carbocycles. The Morgan fingerprint density at radius 2 is 1.76 bits per heavy atom. The molecule has 0 aliphatic heterocycles. The highest BCUT2D eigenvalue weighted by atomic mass is 19.2. The van der Waals surface area contributed by atoms with Crippen LogP contribution < -0.4 is 0 Å². The Bertz CT molecular complexity index is 870. The van der Waals surface area contributed by atoms with Gasteiger partial charge in [0.1, 0.15) is 17.5 Å². The minimum atomic E-state index is -0.915. The summed E-state index contributed by atoms with van der Waals surface area (Å²) in [6.07, 6.45) is 0.223. The number of benzene rings is 2. The van der Waals surface area contributed by atoms with Crippen molar-refractivity contribution in [3.05, 3.63) is 59.4 Å². The van der Waals surface area contributed by atoms with E-state index in [-0.39, 0.29) is 27.5 Å². The summed E-state index contributed by atoms with van der Waals surface area (Å²) in [5.41, 5.74) is -1.55. The van der Waals surface area contributed by atoms with Gasteiger partial charge in [0.05, 0.1) is 16.8 Å². The van der Waals surface area contributed by atoms with Crippen LogP contribution in [0, 0.1) is 17.5 Å². The first-order valence-corrected chi connectivity index (χ1v) is 5.94. The molecule has 0 fully saturated rings. The monoisotopic (exact) mass is 293 g/mol. The smallest absolute Gasteiger partial charge is 0.153 e. The maximum atomic E-state index is 14.4. The molecule has 0 saturated heterocycles. The van der Waals surface area contributed by atoms with E-state index in [1.165, 1.54) is 12.1 Å². The molecule has 6 heteroatoms. The zero-order valence-corrected chi connectivity index (χ0v) is 10.4. The van der Waals surface area contributed by atoms with Crippen LogP contribution in [0.2, 0.25) is 0 Å². The topological polar surface area (TPSA) is 22.0 Å². The van der Waals surface area contributed by atoms with Crippen molar-refractivity contribution in [2.75, 3.05) is 0 Å². The van der Waals surface area contributed by atoms with Crippen molar-refractivity contribution in [3.8, 4) is 11.3 Å². The minimum absolute atomic E-state index is 0.0139. The van der Waals surface area contributed by atoms with Gasteiger partial charge in [0.15, 0.2) is 6.29 Å². The van der Waals surface area contributed by atoms with E-state index in [0.717, 1.165) is 24.3 Å². The molecule has 0 atom stereocenters. The second-order valence-corrected chi connectivity index (χ2v) is 4.42. The lowest BCUT2D eigenvalue weighted by molar-refractivity contribution is 0.112. The molecule has 0 aliphatic carbocycles. The van der Waals surface area contributed by atoms with Crippen LogP contribution in [0.25, 0.3) is 22.2 Å². The van der Waals surface area contributed by atoms with Gasteiger partial charge in [-0.1, -0.05) is 10.5 Å². The number of fused-ring (bicyclic) bond motifs is 1. The largest absolute Gasteiger partial charge is 0.298 e. The summed E-state index contributed by atoms with van der Waals surface area (Å²) < 4.78 is 55.3. The van der Waals surface area contributed by atoms with Gasteiger partial charge in [-0.15, -0.1) is 0 Å². The number of rotatable bonds is 2. The van der Waals surface area contributed by atoms with Crippen molar-refractivity contribution in [3.63, 3.8) is 0 Å². The summed E-state index contributed by atoms with van der Waals surface area (Å²) in [6.45, 7) is 0. The maximum absolute atomic E-state index is 14.4. The van der Waals surface area contributed by atoms with Gasteiger partial charge in [-0.2, -0.15) is 4.79 Å². The summed E-state index contributed by atoms with van der Waals surface area (Å²) >= 11 is 0. The molecule has 0 spiro atoms. The molecule has 2 aromatic carbocycles. The first kappa shape index (κ1) is 13.4. The van der Waals surface area contributed by atoms with E-state index < -0.39 is 28.7 Å². The molecule has 2 nitrogen and oxygen atoms in total. The van der Waals surface area contributed by atoms with Crippen molar-refractivity contribution in [1.82, 2.24) is 4.79 Å². The zero-order chi connectivity index (χ0) is 15.1. The van der Waals surface area contributed by atoms with Crippen molar-refractivity contribution in [1.29, 1.82) is 0 Å². The number of nitrogens with zero attached hydrogens (tertiary/aromatic N) is 1. The highest BCUT2D eigenvalue weighted by Crippen LogP contribution is 2.35. The van der Waals surface area contributed by atoms with Gasteiger partial charge in [0.25, 0.3) is 0 Å². The summed E-state index contributed by atoms with van der Waals surface area (Å²) in [7, 11) is 0. The molecular weight excluding hydrogens is 286 g/mol. The maximum Gasteiger partial charge on any atom is 0.153 e. The first-order valence-electron chi connectivity index (χ1n) is 5.94. The molecule has 1 heterocycles. The third-order valence-electron chi connectivity index (χ3n) is 3.23. The Hall–Kier alpha value is -2.63. The third kappa shape index (κ3) is 1.91. The first-order chi connectivity index (χ1) is 10.0. The van der Waals surface area contributed by atoms with Gasteiger partial charge in [-0.3, -0.25) is 4.79 Å². The lowest BCUT2D eigenvalue weighted by Gasteiger charge is -2.04. The van der Waals surface area contributed by atoms with Crippen LogP contribution >= 0.6 is 0 Å². The quantitative estimate of drug-likeness (QED) is 0.511. The molecule has 0 unspecified atom stereocenters. The van der Waals surface area contributed by atoms with E-state index in [9.17, 15) is 22.4 Å². The van der Waals surface area contributed by atoms with Crippen molar-refractivity contribution in [2.24, 2.45) is 0 Å². The molecule has 0 amide bonds. The Labute approximate surface area is 116 Å². The van der Waals surface area contributed by atoms with Gasteiger partial charge < -0.3 is 0 Å². The molecule has 3 aromatic rings. The third-order valence-corrected chi connectivity index (χ3v) is 3.23. The summed E-state index contributed by atoms with van der Waals surface area (Å²) in [4.78, 5) is 11.2. The van der Waals surface area contributed by atoms with Crippen LogP contribution in [0.5, 0.6) is 0 Å². The highest BCUT2D eigenvalue weighted by molar-refractivity contribution is 6.05. The fourth-order valence-corrected chi connectivity index (χ4v) is 2.33. The van der Waals surface area contributed by atoms with Gasteiger partial charge in [0, 0.05) is 10.9 Å². The van der Waals surface area contributed by atoms with E-state index >= 15 is 0 Å². The lowest BCUT2D eigenvalue weighted by atomic mass is 10.1. The Balaban J connectivity index is 2.48. The number of aldehydes is 1. The van der Waals surface area contributed by atoms with Crippen molar-refractivity contribution >= 4 is 17.2 Å². The molecule has 106 valence electrons. The molecule has 0 radical (unpaired) electrons. The molecule has 1 aromatic heterocycles. The summed E-state index contributed by atoms with van der Waals surface area (Å²) in [6, 6.07) is 5.99. The number of carbonyl (C=O) groups is 1. The van der Waals surface area contributed by atoms with Gasteiger partial charge in [0.2, 0.25) is 0 Å². The number of hydrogen-bond donors (Lipinski definition) is 0. The van der Waals surface area contributed by atoms with Crippen LogP contribution in [-0.4, -0.2) is 11.1 Å². The molecular formula is C15H7F4NO. The highest BCUT2D eigenvalue weighted by Gasteiger charge is 2.23. The Morgan fingerprint density at radius 1 is 1.00 bits per heavy atom. The lowest BCUT2D eigenvalue weighted by Crippen LogP contribution is -1.94. The van der Waals surface area contributed by atoms with Crippen LogP contribution in [0.1, 0.15) is 10.4 Å². The van der Waals surface area contributed by atoms with E-state index in [1.807, 2.05) is 0 Å². The van der Waals surface area contributed by atoms with Gasteiger partial charge in [-0.25, -0.2) is 13.2 Å². The van der Waals surface area contributed by atoms with Gasteiger partial charge in [-0.05, 0) is 30.3 Å². The van der Waals surface area contributed by atoms with Crippen LogP contribution in [0.3, 0.4) is 0 Å². The predicted octanol–water partition coefficient (Wildman–Crippen LogP) is 4.27. The normalized spacial score (nSPS) is 11.0. The minimum Gasteiger partial charge on any atom is -0.298 e. The second kappa shape index (κ2) is 4.73. The van der Waals surface area contributed by atoms with E-state index in [0.29, 0.717) is 0 Å². The fourth-order valence-electron chi connectivity index (χ4n) is 2.33. The number of aromatic nitrogens is 1. The summed E-state index contributed by atoms with van der Waals surface area (Å²) in [5.74, 6) is -2.53. The fraction of sp³-hybridized carbons (Fsp3) is 0. The Morgan fingerprint density at radius 3 is 2.48 bits per heavy atom. The molecule has 21 heavy (non-hydrogen) atoms. The molecule has 0 aliphatic rings. The van der Waals surface area contributed by atoms with Crippen LogP contribution in [0.4, 0.5) is 17.7 Å². The van der Waals surface area contributed by atoms with E-state index in [2.05, 4.69) is 0 Å². The molecule has 0 N–H and O–H groups in total. The van der Waals surface area contributed by atoms with Crippen molar-refractivity contribution < 1.29 is 22.4 Å². The van der Waals surface area contributed by atoms with Gasteiger partial charge >= 0.3 is 0 Å². The second-order valence-electron chi connectivity index (χ2n) is 4.42. The average molecular weight is 293 g/mol. The van der Waals surface area contributed by atoms with E-state index in [1.54, 1.807) is 0 Å². The summed E-state index contributed by atoms with van der Waals surface area (Å²) in [5, 5.41) is -0.270. The van der Waals surface area contributed by atoms with Crippen molar-refractivity contribution in [2.45, 2.75) is 0 Å². The van der Waals surface area contributed by atoms with Crippen LogP contribution in [0.15, 0.2) is 36.4 Å². The standard InChI is InChI=1S/C15H7F4NO/c16-8-4-5-11(17)9(6-8)15-10(7-21)14-12(18)2-1-3-13(14)20(15)19/h1-7H. The van der Waals surface area contributed by atoms with E-state index in [4.69, 9.17) is 0 Å². The van der Waals surface area contributed by atoms with Crippen LogP contribution in [-0.2, 0) is 0 Å². The zero-order valence-electron chi connectivity index (χ0n) is 10.4. The average Bonchev–Trinajstić information content (AvgIpc) is 2.76. The number of hydrogen-bond acceptors (Lipinski definition) is 1. The number of carbonyl (C=O) groups excluding carboxylic acids is 1. The Kier molecular flexibility index (Phi) is 3.01. The number of halogens is 4.